The van der Waals surface area contributed by atoms with E-state index in [1.807, 2.05) is 12.1 Å². The second kappa shape index (κ2) is 7.89. The maximum absolute atomic E-state index is 14.4. The molecule has 156 valence electrons. The van der Waals surface area contributed by atoms with Crippen LogP contribution in [0.3, 0.4) is 0 Å². The molecule has 1 aliphatic heterocycles. The van der Waals surface area contributed by atoms with Crippen molar-refractivity contribution in [1.82, 2.24) is 5.32 Å². The Morgan fingerprint density at radius 2 is 1.70 bits per heavy atom. The first kappa shape index (κ1) is 20.1. The molecule has 7 heteroatoms. The van der Waals surface area contributed by atoms with Crippen LogP contribution >= 0.6 is 0 Å². The predicted molar refractivity (Wildman–Crippen MR) is 105 cm³/mol. The third-order valence-electron chi connectivity index (χ3n) is 5.75. The average Bonchev–Trinajstić information content (AvgIpc) is 2.72. The Hall–Kier alpha value is -3.22. The summed E-state index contributed by atoms with van der Waals surface area (Å²) in [6, 6.07) is 8.70. The van der Waals surface area contributed by atoms with Gasteiger partial charge < -0.3 is 14.8 Å². The number of hydrogen-bond donors (Lipinski definition) is 1. The normalized spacial score (nSPS) is 21.2. The molecule has 2 aliphatic rings. The van der Waals surface area contributed by atoms with Gasteiger partial charge in [0.25, 0.3) is 0 Å². The fourth-order valence-electron chi connectivity index (χ4n) is 4.35. The number of rotatable bonds is 4. The average molecular weight is 413 g/mol. The van der Waals surface area contributed by atoms with Crippen LogP contribution in [0, 0.1) is 11.6 Å². The van der Waals surface area contributed by atoms with Gasteiger partial charge in [0.05, 0.1) is 14.2 Å². The highest BCUT2D eigenvalue weighted by Gasteiger charge is 2.39. The SMILES string of the molecule is COc1ccc([C@H]2CC(=O)C3=C(C2)NC(=O)C[C@H]3c2ccc(F)cc2F)cc1OC. The van der Waals surface area contributed by atoms with Gasteiger partial charge in [-0.3, -0.25) is 9.59 Å². The summed E-state index contributed by atoms with van der Waals surface area (Å²) in [5, 5.41) is 2.80. The summed E-state index contributed by atoms with van der Waals surface area (Å²) in [4.78, 5) is 25.4. The number of ether oxygens (including phenoxy) is 2. The number of hydrogen-bond acceptors (Lipinski definition) is 4. The van der Waals surface area contributed by atoms with Crippen molar-refractivity contribution in [2.45, 2.75) is 31.1 Å². The fourth-order valence-corrected chi connectivity index (χ4v) is 4.35. The zero-order valence-electron chi connectivity index (χ0n) is 16.6. The molecule has 0 fully saturated rings. The first-order valence-electron chi connectivity index (χ1n) is 9.64. The van der Waals surface area contributed by atoms with Crippen LogP contribution in [0.5, 0.6) is 11.5 Å². The molecule has 0 aromatic heterocycles. The molecule has 1 aliphatic carbocycles. The standard InChI is InChI=1S/C23H21F2NO4/c1-29-20-6-3-12(9-21(20)30-2)13-7-18-23(19(27)8-13)16(11-22(28)26-18)15-5-4-14(24)10-17(15)25/h3-6,9-10,13,16H,7-8,11H2,1-2H3,(H,26,28)/t13-,16+/m1/s1. The lowest BCUT2D eigenvalue weighted by atomic mass is 9.73. The lowest BCUT2D eigenvalue weighted by molar-refractivity contribution is -0.122. The van der Waals surface area contributed by atoms with Gasteiger partial charge >= 0.3 is 0 Å². The monoisotopic (exact) mass is 413 g/mol. The Morgan fingerprint density at radius 1 is 0.933 bits per heavy atom. The number of halogens is 2. The van der Waals surface area contributed by atoms with Crippen LogP contribution in [-0.2, 0) is 9.59 Å². The topological polar surface area (TPSA) is 64.6 Å². The quantitative estimate of drug-likeness (QED) is 0.823. The number of Topliss-reactive ketones (excluding diaryl/α,β-unsaturated/α-hetero) is 1. The lowest BCUT2D eigenvalue weighted by Gasteiger charge is -2.34. The Kier molecular flexibility index (Phi) is 5.28. The number of carbonyl (C=O) groups is 2. The summed E-state index contributed by atoms with van der Waals surface area (Å²) in [5.74, 6) is -1.62. The number of nitrogens with one attached hydrogen (secondary N) is 1. The molecule has 0 saturated heterocycles. The van der Waals surface area contributed by atoms with Crippen molar-refractivity contribution in [1.29, 1.82) is 0 Å². The van der Waals surface area contributed by atoms with Gasteiger partial charge in [-0.2, -0.15) is 0 Å². The summed E-state index contributed by atoms with van der Waals surface area (Å²) < 4.78 is 38.4. The molecular formula is C23H21F2NO4. The number of ketones is 1. The molecule has 0 radical (unpaired) electrons. The molecule has 2 aromatic carbocycles. The number of methoxy groups -OCH3 is 2. The molecular weight excluding hydrogens is 392 g/mol. The van der Waals surface area contributed by atoms with Gasteiger partial charge in [0.15, 0.2) is 17.3 Å². The van der Waals surface area contributed by atoms with Gasteiger partial charge in [-0.15, -0.1) is 0 Å². The highest BCUT2D eigenvalue weighted by molar-refractivity contribution is 6.02. The van der Waals surface area contributed by atoms with Crippen LogP contribution < -0.4 is 14.8 Å². The van der Waals surface area contributed by atoms with Crippen molar-refractivity contribution in [3.63, 3.8) is 0 Å². The molecule has 0 bridgehead atoms. The number of benzene rings is 2. The van der Waals surface area contributed by atoms with Crippen molar-refractivity contribution < 1.29 is 27.8 Å². The van der Waals surface area contributed by atoms with E-state index in [0.29, 0.717) is 29.2 Å². The van der Waals surface area contributed by atoms with Crippen molar-refractivity contribution >= 4 is 11.7 Å². The molecule has 1 amide bonds. The van der Waals surface area contributed by atoms with E-state index in [0.717, 1.165) is 17.7 Å². The third-order valence-corrected chi connectivity index (χ3v) is 5.75. The summed E-state index contributed by atoms with van der Waals surface area (Å²) in [6.45, 7) is 0. The lowest BCUT2D eigenvalue weighted by Crippen LogP contribution is -2.38. The minimum Gasteiger partial charge on any atom is -0.493 e. The van der Waals surface area contributed by atoms with Gasteiger partial charge in [-0.1, -0.05) is 12.1 Å². The van der Waals surface area contributed by atoms with E-state index in [-0.39, 0.29) is 36.0 Å². The van der Waals surface area contributed by atoms with Crippen LogP contribution in [0.2, 0.25) is 0 Å². The van der Waals surface area contributed by atoms with E-state index in [4.69, 9.17) is 9.47 Å². The second-order valence-electron chi connectivity index (χ2n) is 7.51. The minimum atomic E-state index is -0.753. The molecule has 2 aromatic rings. The first-order valence-corrected chi connectivity index (χ1v) is 9.64. The van der Waals surface area contributed by atoms with Gasteiger partial charge in [-0.05, 0) is 41.7 Å². The number of allylic oxidation sites excluding steroid dienone is 2. The first-order chi connectivity index (χ1) is 14.4. The van der Waals surface area contributed by atoms with Crippen LogP contribution in [0.1, 0.15) is 42.2 Å². The van der Waals surface area contributed by atoms with Crippen molar-refractivity contribution in [3.05, 3.63) is 70.4 Å². The summed E-state index contributed by atoms with van der Waals surface area (Å²) in [6.07, 6.45) is 0.610. The smallest absolute Gasteiger partial charge is 0.225 e. The highest BCUT2D eigenvalue weighted by Crippen LogP contribution is 2.44. The van der Waals surface area contributed by atoms with E-state index in [2.05, 4.69) is 5.32 Å². The highest BCUT2D eigenvalue weighted by atomic mass is 19.1. The summed E-state index contributed by atoms with van der Waals surface area (Å²) in [5.41, 5.74) is 1.97. The van der Waals surface area contributed by atoms with Crippen LogP contribution in [0.15, 0.2) is 47.7 Å². The van der Waals surface area contributed by atoms with Gasteiger partial charge in [0.2, 0.25) is 5.91 Å². The van der Waals surface area contributed by atoms with E-state index in [9.17, 15) is 18.4 Å². The summed E-state index contributed by atoms with van der Waals surface area (Å²) in [7, 11) is 3.09. The largest absolute Gasteiger partial charge is 0.493 e. The van der Waals surface area contributed by atoms with Crippen molar-refractivity contribution in [3.8, 4) is 11.5 Å². The zero-order chi connectivity index (χ0) is 21.4. The van der Waals surface area contributed by atoms with Crippen LogP contribution in [0.25, 0.3) is 0 Å². The Morgan fingerprint density at radius 3 is 2.40 bits per heavy atom. The molecule has 5 nitrogen and oxygen atoms in total. The van der Waals surface area contributed by atoms with Crippen molar-refractivity contribution in [2.75, 3.05) is 14.2 Å². The van der Waals surface area contributed by atoms with E-state index < -0.39 is 17.6 Å². The van der Waals surface area contributed by atoms with Gasteiger partial charge in [0.1, 0.15) is 11.6 Å². The Labute approximate surface area is 172 Å². The summed E-state index contributed by atoms with van der Waals surface area (Å²) >= 11 is 0. The Bertz CT molecular complexity index is 1060. The number of amides is 1. The molecule has 30 heavy (non-hydrogen) atoms. The predicted octanol–water partition coefficient (Wildman–Crippen LogP) is 3.99. The van der Waals surface area contributed by atoms with Gasteiger partial charge in [0, 0.05) is 36.1 Å². The maximum Gasteiger partial charge on any atom is 0.225 e. The second-order valence-corrected chi connectivity index (χ2v) is 7.51. The molecule has 0 unspecified atom stereocenters. The maximum atomic E-state index is 14.4. The molecule has 4 rings (SSSR count). The molecule has 1 N–H and O–H groups in total. The van der Waals surface area contributed by atoms with Gasteiger partial charge in [-0.25, -0.2) is 8.78 Å². The zero-order valence-corrected chi connectivity index (χ0v) is 16.6. The molecule has 0 spiro atoms. The fraction of sp³-hybridized carbons (Fsp3) is 0.304. The van der Waals surface area contributed by atoms with Crippen LogP contribution in [-0.4, -0.2) is 25.9 Å². The van der Waals surface area contributed by atoms with E-state index in [1.165, 1.54) is 13.2 Å². The minimum absolute atomic E-state index is 0.0475. The molecule has 1 heterocycles. The van der Waals surface area contributed by atoms with Crippen molar-refractivity contribution in [2.24, 2.45) is 0 Å². The van der Waals surface area contributed by atoms with E-state index >= 15 is 0 Å². The third kappa shape index (κ3) is 3.56. The molecule has 2 atom stereocenters. The van der Waals surface area contributed by atoms with E-state index in [1.54, 1.807) is 13.2 Å². The Balaban J connectivity index is 1.71. The van der Waals surface area contributed by atoms with Crippen LogP contribution in [0.4, 0.5) is 8.78 Å². The number of carbonyl (C=O) groups excluding carboxylic acids is 2. The molecule has 0 saturated carbocycles.